The quantitative estimate of drug-likeness (QED) is 0.412. The molecule has 1 amide bonds. The standard InChI is InChI=1S/C26H27ClFNO2/c1-2-18-10-15-24(28)20(16-18)6-5-7-21(19-11-13-22(27)14-12-19)17-29-26(31)23-8-3-4-9-25(23)30/h3-4,8-16,21,30H,2,5-7,17H2,1H3,(H,29,31). The van der Waals surface area contributed by atoms with Gasteiger partial charge in [0.15, 0.2) is 0 Å². The average molecular weight is 440 g/mol. The van der Waals surface area contributed by atoms with Gasteiger partial charge in [-0.05, 0) is 72.7 Å². The third-order valence-corrected chi connectivity index (χ3v) is 5.77. The maximum Gasteiger partial charge on any atom is 0.255 e. The van der Waals surface area contributed by atoms with E-state index in [0.717, 1.165) is 36.0 Å². The van der Waals surface area contributed by atoms with Gasteiger partial charge in [-0.25, -0.2) is 4.39 Å². The lowest BCUT2D eigenvalue weighted by Gasteiger charge is -2.19. The molecular formula is C26H27ClFNO2. The Kier molecular flexibility index (Phi) is 8.07. The highest BCUT2D eigenvalue weighted by Crippen LogP contribution is 2.25. The fourth-order valence-electron chi connectivity index (χ4n) is 3.68. The molecule has 162 valence electrons. The predicted octanol–water partition coefficient (Wildman–Crippen LogP) is 6.28. The van der Waals surface area contributed by atoms with Crippen LogP contribution in [-0.2, 0) is 12.8 Å². The molecule has 31 heavy (non-hydrogen) atoms. The lowest BCUT2D eigenvalue weighted by molar-refractivity contribution is 0.0948. The molecule has 0 radical (unpaired) electrons. The van der Waals surface area contributed by atoms with E-state index in [1.165, 1.54) is 12.1 Å². The van der Waals surface area contributed by atoms with Crippen molar-refractivity contribution < 1.29 is 14.3 Å². The van der Waals surface area contributed by atoms with E-state index in [9.17, 15) is 14.3 Å². The Morgan fingerprint density at radius 1 is 1.10 bits per heavy atom. The Hall–Kier alpha value is -2.85. The molecule has 2 N–H and O–H groups in total. The van der Waals surface area contributed by atoms with E-state index in [2.05, 4.69) is 12.2 Å². The summed E-state index contributed by atoms with van der Waals surface area (Å²) in [7, 11) is 0. The van der Waals surface area contributed by atoms with E-state index in [4.69, 9.17) is 11.6 Å². The summed E-state index contributed by atoms with van der Waals surface area (Å²) >= 11 is 6.03. The third-order valence-electron chi connectivity index (χ3n) is 5.52. The van der Waals surface area contributed by atoms with Gasteiger partial charge in [-0.1, -0.05) is 54.9 Å². The molecule has 0 aliphatic rings. The van der Waals surface area contributed by atoms with Crippen molar-refractivity contribution in [1.29, 1.82) is 0 Å². The number of hydrogen-bond donors (Lipinski definition) is 2. The van der Waals surface area contributed by atoms with Crippen LogP contribution in [0.4, 0.5) is 4.39 Å². The highest BCUT2D eigenvalue weighted by atomic mass is 35.5. The lowest BCUT2D eigenvalue weighted by Crippen LogP contribution is -2.28. The van der Waals surface area contributed by atoms with Crippen LogP contribution < -0.4 is 5.32 Å². The van der Waals surface area contributed by atoms with Crippen molar-refractivity contribution in [2.24, 2.45) is 0 Å². The van der Waals surface area contributed by atoms with Gasteiger partial charge in [0, 0.05) is 17.5 Å². The Balaban J connectivity index is 1.67. The molecule has 3 rings (SSSR count). The molecule has 0 spiro atoms. The minimum Gasteiger partial charge on any atom is -0.507 e. The van der Waals surface area contributed by atoms with Gasteiger partial charge in [0.25, 0.3) is 5.91 Å². The van der Waals surface area contributed by atoms with Gasteiger partial charge in [-0.15, -0.1) is 0 Å². The van der Waals surface area contributed by atoms with E-state index >= 15 is 0 Å². The van der Waals surface area contributed by atoms with Crippen molar-refractivity contribution in [3.63, 3.8) is 0 Å². The van der Waals surface area contributed by atoms with Gasteiger partial charge in [0.1, 0.15) is 11.6 Å². The highest BCUT2D eigenvalue weighted by molar-refractivity contribution is 6.30. The molecule has 3 nitrogen and oxygen atoms in total. The van der Waals surface area contributed by atoms with Crippen molar-refractivity contribution in [2.75, 3.05) is 6.54 Å². The molecule has 0 fully saturated rings. The van der Waals surface area contributed by atoms with E-state index in [-0.39, 0.29) is 29.0 Å². The fourth-order valence-corrected chi connectivity index (χ4v) is 3.80. The summed E-state index contributed by atoms with van der Waals surface area (Å²) < 4.78 is 14.2. The van der Waals surface area contributed by atoms with Crippen molar-refractivity contribution in [2.45, 2.75) is 38.5 Å². The second kappa shape index (κ2) is 11.0. The Bertz CT molecular complexity index is 1020. The fraction of sp³-hybridized carbons (Fsp3) is 0.269. The number of amides is 1. The molecule has 0 saturated heterocycles. The number of halogens is 2. The van der Waals surface area contributed by atoms with Gasteiger partial charge in [-0.2, -0.15) is 0 Å². The summed E-state index contributed by atoms with van der Waals surface area (Å²) in [6, 6.07) is 19.3. The van der Waals surface area contributed by atoms with Crippen LogP contribution in [-0.4, -0.2) is 17.6 Å². The smallest absolute Gasteiger partial charge is 0.255 e. The SMILES string of the molecule is CCc1ccc(F)c(CCCC(CNC(=O)c2ccccc2O)c2ccc(Cl)cc2)c1. The second-order valence-electron chi connectivity index (χ2n) is 7.65. The van der Waals surface area contributed by atoms with Gasteiger partial charge in [-0.3, -0.25) is 4.79 Å². The summed E-state index contributed by atoms with van der Waals surface area (Å²) in [4.78, 5) is 12.5. The molecule has 0 aliphatic heterocycles. The van der Waals surface area contributed by atoms with Crippen LogP contribution in [0.1, 0.15) is 52.7 Å². The number of nitrogens with one attached hydrogen (secondary N) is 1. The number of carbonyl (C=O) groups excluding carboxylic acids is 1. The largest absolute Gasteiger partial charge is 0.507 e. The summed E-state index contributed by atoms with van der Waals surface area (Å²) in [6.45, 7) is 2.47. The van der Waals surface area contributed by atoms with Crippen LogP contribution in [0.15, 0.2) is 66.7 Å². The maximum absolute atomic E-state index is 14.2. The van der Waals surface area contributed by atoms with Crippen LogP contribution in [0, 0.1) is 5.82 Å². The first kappa shape index (κ1) is 22.8. The first-order chi connectivity index (χ1) is 15.0. The van der Waals surface area contributed by atoms with Crippen molar-refractivity contribution >= 4 is 17.5 Å². The number of rotatable bonds is 9. The van der Waals surface area contributed by atoms with Crippen molar-refractivity contribution in [3.05, 3.63) is 99.8 Å². The molecule has 5 heteroatoms. The molecule has 0 aliphatic carbocycles. The molecule has 0 bridgehead atoms. The normalized spacial score (nSPS) is 11.8. The first-order valence-corrected chi connectivity index (χ1v) is 10.9. The summed E-state index contributed by atoms with van der Waals surface area (Å²) in [5.74, 6) is -0.495. The lowest BCUT2D eigenvalue weighted by atomic mass is 9.92. The van der Waals surface area contributed by atoms with Gasteiger partial charge < -0.3 is 10.4 Å². The number of benzene rings is 3. The van der Waals surface area contributed by atoms with Crippen LogP contribution in [0.5, 0.6) is 5.75 Å². The van der Waals surface area contributed by atoms with E-state index < -0.39 is 0 Å². The van der Waals surface area contributed by atoms with Crippen LogP contribution in [0.25, 0.3) is 0 Å². The molecule has 0 saturated carbocycles. The highest BCUT2D eigenvalue weighted by Gasteiger charge is 2.16. The van der Waals surface area contributed by atoms with Gasteiger partial charge in [0.2, 0.25) is 0 Å². The number of carbonyl (C=O) groups is 1. The molecule has 3 aromatic carbocycles. The number of phenols is 1. The number of aryl methyl sites for hydroxylation is 2. The minimum atomic E-state index is -0.321. The van der Waals surface area contributed by atoms with E-state index in [1.807, 2.05) is 36.4 Å². The zero-order valence-electron chi connectivity index (χ0n) is 17.6. The number of aromatic hydroxyl groups is 1. The van der Waals surface area contributed by atoms with Crippen LogP contribution >= 0.6 is 11.6 Å². The molecule has 0 heterocycles. The van der Waals surface area contributed by atoms with Crippen LogP contribution in [0.2, 0.25) is 5.02 Å². The monoisotopic (exact) mass is 439 g/mol. The summed E-state index contributed by atoms with van der Waals surface area (Å²) in [5, 5.41) is 13.5. The number of para-hydroxylation sites is 1. The van der Waals surface area contributed by atoms with Crippen molar-refractivity contribution in [1.82, 2.24) is 5.32 Å². The number of hydrogen-bond acceptors (Lipinski definition) is 2. The van der Waals surface area contributed by atoms with Gasteiger partial charge in [0.05, 0.1) is 5.56 Å². The average Bonchev–Trinajstić information content (AvgIpc) is 2.78. The molecule has 1 atom stereocenters. The summed E-state index contributed by atoms with van der Waals surface area (Å²) in [5.41, 5.74) is 3.16. The minimum absolute atomic E-state index is 0.0458. The summed E-state index contributed by atoms with van der Waals surface area (Å²) in [6.07, 6.45) is 3.07. The van der Waals surface area contributed by atoms with E-state index in [0.29, 0.717) is 18.0 Å². The maximum atomic E-state index is 14.2. The first-order valence-electron chi connectivity index (χ1n) is 10.6. The zero-order valence-corrected chi connectivity index (χ0v) is 18.3. The topological polar surface area (TPSA) is 49.3 Å². The molecule has 0 aromatic heterocycles. The Morgan fingerprint density at radius 3 is 2.55 bits per heavy atom. The Labute approximate surface area is 187 Å². The van der Waals surface area contributed by atoms with E-state index in [1.54, 1.807) is 18.2 Å². The van der Waals surface area contributed by atoms with Crippen molar-refractivity contribution in [3.8, 4) is 5.75 Å². The third kappa shape index (κ3) is 6.31. The van der Waals surface area contributed by atoms with Crippen LogP contribution in [0.3, 0.4) is 0 Å². The zero-order chi connectivity index (χ0) is 22.2. The number of phenolic OH excluding ortho intramolecular Hbond substituents is 1. The Morgan fingerprint density at radius 2 is 1.84 bits per heavy atom. The second-order valence-corrected chi connectivity index (χ2v) is 8.08. The molecular weight excluding hydrogens is 413 g/mol. The predicted molar refractivity (Wildman–Crippen MR) is 123 cm³/mol. The molecule has 3 aromatic rings. The molecule has 1 unspecified atom stereocenters. The van der Waals surface area contributed by atoms with Gasteiger partial charge >= 0.3 is 0 Å².